The summed E-state index contributed by atoms with van der Waals surface area (Å²) < 4.78 is 36.7. The average molecular weight is 968 g/mol. The monoisotopic (exact) mass is 967 g/mol. The van der Waals surface area contributed by atoms with Crippen LogP contribution < -0.4 is 20.3 Å². The molecule has 4 fully saturated rings. The van der Waals surface area contributed by atoms with E-state index in [0.29, 0.717) is 86.0 Å². The zero-order valence-corrected chi connectivity index (χ0v) is 39.5. The first-order valence-corrected chi connectivity index (χ1v) is 24.4. The van der Waals surface area contributed by atoms with Crippen molar-refractivity contribution >= 4 is 40.9 Å². The van der Waals surface area contributed by atoms with Crippen molar-refractivity contribution in [2.45, 2.75) is 63.6 Å². The number of nitrogens with one attached hydrogen (secondary N) is 2. The minimum absolute atomic E-state index is 0.124. The maximum Gasteiger partial charge on any atom is 0.255 e. The molecule has 2 N–H and O–H groups in total. The Hall–Kier alpha value is -7.30. The fraction of sp³-hybridized carbons (Fsp3) is 0.423. The van der Waals surface area contributed by atoms with E-state index in [2.05, 4.69) is 36.5 Å². The predicted molar refractivity (Wildman–Crippen MR) is 256 cm³/mol. The van der Waals surface area contributed by atoms with Gasteiger partial charge in [0.25, 0.3) is 17.7 Å². The van der Waals surface area contributed by atoms with Gasteiger partial charge in [-0.2, -0.15) is 10.4 Å². The number of amides is 5. The maximum atomic E-state index is 14.9. The summed E-state index contributed by atoms with van der Waals surface area (Å²) in [5, 5.41) is 19.7. The topological polar surface area (TPSA) is 189 Å². The highest BCUT2D eigenvalue weighted by Gasteiger charge is 2.41. The third kappa shape index (κ3) is 9.78. The summed E-state index contributed by atoms with van der Waals surface area (Å²) in [4.78, 5) is 80.1. The van der Waals surface area contributed by atoms with Gasteiger partial charge in [0.05, 0.1) is 41.2 Å². The highest BCUT2D eigenvalue weighted by molar-refractivity contribution is 6.06. The number of hydrogen-bond donors (Lipinski definition) is 2. The Kier molecular flexibility index (Phi) is 13.2. The maximum absolute atomic E-state index is 14.9. The number of carbonyl (C=O) groups is 5. The molecule has 0 bridgehead atoms. The Morgan fingerprint density at radius 2 is 1.68 bits per heavy atom. The number of imide groups is 1. The second-order valence-electron chi connectivity index (χ2n) is 19.3. The van der Waals surface area contributed by atoms with Crippen LogP contribution in [0.1, 0.15) is 87.6 Å². The van der Waals surface area contributed by atoms with E-state index in [1.807, 2.05) is 30.0 Å². The molecular weight excluding hydrogens is 913 g/mol. The molecule has 2 aromatic carbocycles. The molecule has 19 heteroatoms. The molecular formula is C52H55F2N11O6. The summed E-state index contributed by atoms with van der Waals surface area (Å²) in [6.45, 7) is 9.52. The molecule has 5 aromatic rings. The first kappa shape index (κ1) is 47.4. The number of nitriles is 1. The summed E-state index contributed by atoms with van der Waals surface area (Å²) in [5.74, 6) is -1.61. The van der Waals surface area contributed by atoms with Crippen molar-refractivity contribution in [1.29, 1.82) is 5.26 Å². The Bertz CT molecular complexity index is 2930. The molecule has 8 heterocycles. The number of halogens is 2. The van der Waals surface area contributed by atoms with Crippen LogP contribution in [0.15, 0.2) is 73.2 Å². The van der Waals surface area contributed by atoms with Crippen molar-refractivity contribution in [1.82, 2.24) is 44.8 Å². The van der Waals surface area contributed by atoms with Crippen molar-refractivity contribution in [3.63, 3.8) is 0 Å². The van der Waals surface area contributed by atoms with Crippen molar-refractivity contribution in [2.75, 3.05) is 77.0 Å². The van der Waals surface area contributed by atoms with Crippen LogP contribution in [0, 0.1) is 28.9 Å². The molecule has 71 heavy (non-hydrogen) atoms. The summed E-state index contributed by atoms with van der Waals surface area (Å²) in [6, 6.07) is 15.4. The lowest BCUT2D eigenvalue weighted by Crippen LogP contribution is -2.62. The van der Waals surface area contributed by atoms with Crippen LogP contribution in [0.3, 0.4) is 0 Å². The van der Waals surface area contributed by atoms with E-state index in [0.717, 1.165) is 86.3 Å². The zero-order valence-electron chi connectivity index (χ0n) is 39.5. The van der Waals surface area contributed by atoms with Crippen LogP contribution in [0.5, 0.6) is 5.75 Å². The molecule has 5 amide bonds. The molecule has 17 nitrogen and oxygen atoms in total. The number of fused-ring (bicyclic) bond motifs is 2. The number of ether oxygens (including phenoxy) is 1. The van der Waals surface area contributed by atoms with Gasteiger partial charge in [-0.15, -0.1) is 0 Å². The van der Waals surface area contributed by atoms with Gasteiger partial charge in [-0.05, 0) is 99.0 Å². The molecule has 368 valence electrons. The molecule has 3 aromatic heterocycles. The first-order valence-electron chi connectivity index (χ1n) is 24.4. The molecule has 1 atom stereocenters. The standard InChI is InChI=1S/C52H55F2N11O6/c1-2-71-39-25-40(47-37(26-55)28-57-65(47)31-39)35-5-9-45(56-27-35)62-17-13-52(14-18-62,59-48(67)42-24-38(53)6-7-43(42)54)32-61-21-19-60(20-22-61)29-33-11-15-63(16-12-33)50(69)34-3-4-36-30-64(51(70)41(36)23-34)44-8-10-46(66)58-49(44)68/h3-7,9,23-25,27-28,31,33,44H,2,8,10-22,29-30,32H2,1H3,(H,59,67)(H,58,66,68). The van der Waals surface area contributed by atoms with Crippen LogP contribution in [-0.4, -0.2) is 147 Å². The molecule has 0 radical (unpaired) electrons. The number of rotatable bonds is 12. The fourth-order valence-electron chi connectivity index (χ4n) is 11.0. The van der Waals surface area contributed by atoms with E-state index in [9.17, 15) is 38.0 Å². The van der Waals surface area contributed by atoms with Gasteiger partial charge in [0.1, 0.15) is 35.3 Å². The summed E-state index contributed by atoms with van der Waals surface area (Å²) in [5.41, 5.74) is 3.21. The highest BCUT2D eigenvalue weighted by atomic mass is 19.1. The molecule has 1 unspecified atom stereocenters. The number of likely N-dealkylation sites (tertiary alicyclic amines) is 1. The number of aromatic nitrogens is 3. The Balaban J connectivity index is 0.745. The Morgan fingerprint density at radius 3 is 2.39 bits per heavy atom. The second kappa shape index (κ2) is 19.8. The van der Waals surface area contributed by atoms with Gasteiger partial charge in [0.15, 0.2) is 0 Å². The number of nitrogens with zero attached hydrogens (tertiary/aromatic N) is 9. The summed E-state index contributed by atoms with van der Waals surface area (Å²) in [7, 11) is 0. The van der Waals surface area contributed by atoms with Crippen LogP contribution in [0.25, 0.3) is 16.6 Å². The number of piperidine rings is 3. The molecule has 4 saturated heterocycles. The van der Waals surface area contributed by atoms with Gasteiger partial charge >= 0.3 is 0 Å². The first-order chi connectivity index (χ1) is 34.4. The normalized spacial score (nSPS) is 19.9. The lowest BCUT2D eigenvalue weighted by molar-refractivity contribution is -0.136. The Labute approximate surface area is 409 Å². The molecule has 0 saturated carbocycles. The van der Waals surface area contributed by atoms with Crippen LogP contribution in [-0.2, 0) is 16.1 Å². The molecule has 5 aliphatic rings. The predicted octanol–water partition coefficient (Wildman–Crippen LogP) is 4.64. The number of carbonyl (C=O) groups excluding carboxylic acids is 5. The highest BCUT2D eigenvalue weighted by Crippen LogP contribution is 2.34. The molecule has 5 aliphatic heterocycles. The average Bonchev–Trinajstić information content (AvgIpc) is 3.95. The lowest BCUT2D eigenvalue weighted by atomic mass is 9.85. The SMILES string of the molecule is CCOc1cc(-c2ccc(N3CCC(CN4CCN(CC5CCN(C(=O)c6ccc7c(c6)C(=O)N(C6CCC(=O)NC6=O)C7)CC5)CC4)(NC(=O)c4cc(F)ccc4F)CC3)nc2)c2c(C#N)cnn2c1. The van der Waals surface area contributed by atoms with Gasteiger partial charge in [-0.1, -0.05) is 6.07 Å². The minimum Gasteiger partial charge on any atom is -0.492 e. The number of anilines is 1. The van der Waals surface area contributed by atoms with E-state index < -0.39 is 35.0 Å². The fourth-order valence-corrected chi connectivity index (χ4v) is 11.0. The van der Waals surface area contributed by atoms with Crippen LogP contribution in [0.2, 0.25) is 0 Å². The van der Waals surface area contributed by atoms with Crippen LogP contribution >= 0.6 is 0 Å². The van der Waals surface area contributed by atoms with Gasteiger partial charge < -0.3 is 29.7 Å². The Morgan fingerprint density at radius 1 is 0.901 bits per heavy atom. The quantitative estimate of drug-likeness (QED) is 0.165. The van der Waals surface area contributed by atoms with Crippen molar-refractivity contribution in [3.05, 3.63) is 113 Å². The number of hydrogen-bond acceptors (Lipinski definition) is 12. The number of piperazine rings is 1. The number of pyridine rings is 2. The van der Waals surface area contributed by atoms with Crippen molar-refractivity contribution in [2.24, 2.45) is 5.92 Å². The largest absolute Gasteiger partial charge is 0.492 e. The molecule has 0 aliphatic carbocycles. The third-order valence-electron chi connectivity index (χ3n) is 14.9. The van der Waals surface area contributed by atoms with Gasteiger partial charge in [0, 0.05) is 107 Å². The molecule has 10 rings (SSSR count). The smallest absolute Gasteiger partial charge is 0.255 e. The second-order valence-corrected chi connectivity index (χ2v) is 19.3. The molecule has 0 spiro atoms. The zero-order chi connectivity index (χ0) is 49.4. The van der Waals surface area contributed by atoms with Crippen molar-refractivity contribution in [3.8, 4) is 22.9 Å². The van der Waals surface area contributed by atoms with E-state index in [1.54, 1.807) is 35.1 Å². The van der Waals surface area contributed by atoms with E-state index >= 15 is 0 Å². The minimum atomic E-state index is -0.786. The van der Waals surface area contributed by atoms with Crippen LogP contribution in [0.4, 0.5) is 14.6 Å². The van der Waals surface area contributed by atoms with E-state index in [1.165, 1.54) is 11.1 Å². The third-order valence-corrected chi connectivity index (χ3v) is 14.9. The van der Waals surface area contributed by atoms with E-state index in [4.69, 9.17) is 9.72 Å². The lowest BCUT2D eigenvalue weighted by Gasteiger charge is -2.47. The van der Waals surface area contributed by atoms with Gasteiger partial charge in [-0.3, -0.25) is 34.2 Å². The van der Waals surface area contributed by atoms with Gasteiger partial charge in [0.2, 0.25) is 11.8 Å². The summed E-state index contributed by atoms with van der Waals surface area (Å²) >= 11 is 0. The summed E-state index contributed by atoms with van der Waals surface area (Å²) in [6.07, 6.45) is 8.27. The van der Waals surface area contributed by atoms with Gasteiger partial charge in [-0.25, -0.2) is 18.3 Å². The van der Waals surface area contributed by atoms with Crippen molar-refractivity contribution < 1.29 is 37.5 Å². The number of benzene rings is 2. The van der Waals surface area contributed by atoms with E-state index in [-0.39, 0.29) is 42.7 Å².